The number of benzene rings is 1. The van der Waals surface area contributed by atoms with Gasteiger partial charge in [0.1, 0.15) is 0 Å². The van der Waals surface area contributed by atoms with E-state index in [1.807, 2.05) is 12.1 Å². The molecule has 0 bridgehead atoms. The Morgan fingerprint density at radius 1 is 1.31 bits per heavy atom. The van der Waals surface area contributed by atoms with E-state index in [-0.39, 0.29) is 12.1 Å². The number of aliphatic hydroxyl groups excluding tert-OH is 1. The van der Waals surface area contributed by atoms with Gasteiger partial charge in [-0.2, -0.15) is 0 Å². The molecular weight excluding hydrogens is 245 g/mol. The molecule has 1 fully saturated rings. The molecule has 0 aliphatic heterocycles. The van der Waals surface area contributed by atoms with Gasteiger partial charge in [-0.15, -0.1) is 0 Å². The molecule has 0 aromatic heterocycles. The zero-order chi connectivity index (χ0) is 11.6. The topological polar surface area (TPSA) is 32.3 Å². The Kier molecular flexibility index (Phi) is 3.75. The van der Waals surface area contributed by atoms with Crippen molar-refractivity contribution >= 4 is 23.2 Å². The molecule has 0 heterocycles. The van der Waals surface area contributed by atoms with Gasteiger partial charge in [-0.05, 0) is 30.9 Å². The Balaban J connectivity index is 2.02. The summed E-state index contributed by atoms with van der Waals surface area (Å²) in [6, 6.07) is 5.61. The highest BCUT2D eigenvalue weighted by molar-refractivity contribution is 6.42. The van der Waals surface area contributed by atoms with Crippen molar-refractivity contribution in [2.75, 3.05) is 6.61 Å². The van der Waals surface area contributed by atoms with Gasteiger partial charge in [0.05, 0.1) is 16.7 Å². The van der Waals surface area contributed by atoms with Crippen LogP contribution in [0.3, 0.4) is 0 Å². The lowest BCUT2D eigenvalue weighted by atomic mass is 9.77. The number of aliphatic hydroxyl groups is 1. The molecule has 0 saturated heterocycles. The Bertz CT molecular complexity index is 372. The van der Waals surface area contributed by atoms with Crippen molar-refractivity contribution in [3.05, 3.63) is 33.8 Å². The highest BCUT2D eigenvalue weighted by atomic mass is 35.5. The third-order valence-electron chi connectivity index (χ3n) is 3.30. The molecule has 2 N–H and O–H groups in total. The summed E-state index contributed by atoms with van der Waals surface area (Å²) in [4.78, 5) is 0. The van der Waals surface area contributed by atoms with Crippen molar-refractivity contribution in [3.63, 3.8) is 0 Å². The molecule has 88 valence electrons. The molecule has 4 heteroatoms. The quantitative estimate of drug-likeness (QED) is 0.872. The van der Waals surface area contributed by atoms with E-state index in [1.165, 1.54) is 6.42 Å². The van der Waals surface area contributed by atoms with Gasteiger partial charge in [-0.1, -0.05) is 35.3 Å². The number of halogens is 2. The van der Waals surface area contributed by atoms with Crippen LogP contribution in [0.5, 0.6) is 0 Å². The Hall–Kier alpha value is -0.280. The summed E-state index contributed by atoms with van der Waals surface area (Å²) in [5.41, 5.74) is 0.889. The van der Waals surface area contributed by atoms with Crippen LogP contribution < -0.4 is 5.32 Å². The highest BCUT2D eigenvalue weighted by Gasteiger charge is 2.35. The molecule has 2 rings (SSSR count). The van der Waals surface area contributed by atoms with Gasteiger partial charge in [0.2, 0.25) is 0 Å². The van der Waals surface area contributed by atoms with Gasteiger partial charge >= 0.3 is 0 Å². The third kappa shape index (κ3) is 2.35. The van der Waals surface area contributed by atoms with Gasteiger partial charge in [0.15, 0.2) is 0 Å². The maximum absolute atomic E-state index is 9.32. The first-order valence-electron chi connectivity index (χ1n) is 5.46. The molecule has 16 heavy (non-hydrogen) atoms. The van der Waals surface area contributed by atoms with Crippen LogP contribution in [0, 0.1) is 0 Å². The molecule has 1 aliphatic carbocycles. The van der Waals surface area contributed by atoms with Gasteiger partial charge < -0.3 is 10.4 Å². The van der Waals surface area contributed by atoms with Crippen LogP contribution in [0.1, 0.15) is 24.8 Å². The molecule has 0 unspecified atom stereocenters. The van der Waals surface area contributed by atoms with Crippen molar-refractivity contribution in [1.82, 2.24) is 5.32 Å². The SMILES string of the molecule is OCC1(NCc2cccc(Cl)c2Cl)CCC1. The smallest absolute Gasteiger partial charge is 0.0637 e. The van der Waals surface area contributed by atoms with Gasteiger partial charge in [-0.25, -0.2) is 0 Å². The van der Waals surface area contributed by atoms with Crippen LogP contribution in [0.15, 0.2) is 18.2 Å². The fraction of sp³-hybridized carbons (Fsp3) is 0.500. The van der Waals surface area contributed by atoms with E-state index in [0.717, 1.165) is 18.4 Å². The minimum absolute atomic E-state index is 0.0916. The van der Waals surface area contributed by atoms with Crippen LogP contribution in [0.25, 0.3) is 0 Å². The summed E-state index contributed by atoms with van der Waals surface area (Å²) in [6.45, 7) is 0.838. The zero-order valence-corrected chi connectivity index (χ0v) is 10.5. The minimum Gasteiger partial charge on any atom is -0.394 e. The monoisotopic (exact) mass is 259 g/mol. The van der Waals surface area contributed by atoms with Crippen molar-refractivity contribution in [2.45, 2.75) is 31.3 Å². The van der Waals surface area contributed by atoms with E-state index in [1.54, 1.807) is 6.07 Å². The number of rotatable bonds is 4. The third-order valence-corrected chi connectivity index (χ3v) is 4.16. The summed E-state index contributed by atoms with van der Waals surface area (Å²) in [7, 11) is 0. The standard InChI is InChI=1S/C12H15Cl2NO/c13-10-4-1-3-9(11(10)14)7-15-12(8-16)5-2-6-12/h1,3-4,15-16H,2,5-8H2. The van der Waals surface area contributed by atoms with Crippen LogP contribution in [0.2, 0.25) is 10.0 Å². The zero-order valence-electron chi connectivity index (χ0n) is 8.97. The van der Waals surface area contributed by atoms with Crippen molar-refractivity contribution in [1.29, 1.82) is 0 Å². The highest BCUT2D eigenvalue weighted by Crippen LogP contribution is 2.32. The Labute approximate surface area is 106 Å². The summed E-state index contributed by atoms with van der Waals surface area (Å²) in [5.74, 6) is 0. The maximum Gasteiger partial charge on any atom is 0.0637 e. The molecule has 1 aliphatic rings. The molecular formula is C12H15Cl2NO. The fourth-order valence-electron chi connectivity index (χ4n) is 1.96. The van der Waals surface area contributed by atoms with Crippen LogP contribution in [-0.2, 0) is 6.54 Å². The molecule has 1 aromatic carbocycles. The molecule has 0 radical (unpaired) electrons. The van der Waals surface area contributed by atoms with Gasteiger partial charge in [0.25, 0.3) is 0 Å². The van der Waals surface area contributed by atoms with E-state index in [4.69, 9.17) is 23.2 Å². The lowest BCUT2D eigenvalue weighted by Crippen LogP contribution is -2.53. The molecule has 0 spiro atoms. The summed E-state index contributed by atoms with van der Waals surface area (Å²) in [5, 5.41) is 13.9. The van der Waals surface area contributed by atoms with E-state index in [0.29, 0.717) is 16.6 Å². The van der Waals surface area contributed by atoms with E-state index < -0.39 is 0 Å². The average molecular weight is 260 g/mol. The van der Waals surface area contributed by atoms with E-state index in [9.17, 15) is 5.11 Å². The van der Waals surface area contributed by atoms with Crippen molar-refractivity contribution in [2.24, 2.45) is 0 Å². The van der Waals surface area contributed by atoms with E-state index >= 15 is 0 Å². The summed E-state index contributed by atoms with van der Waals surface area (Å²) < 4.78 is 0. The number of nitrogens with one attached hydrogen (secondary N) is 1. The second-order valence-corrected chi connectivity index (χ2v) is 5.14. The van der Waals surface area contributed by atoms with Crippen LogP contribution >= 0.6 is 23.2 Å². The maximum atomic E-state index is 9.32. The summed E-state index contributed by atoms with van der Waals surface area (Å²) in [6.07, 6.45) is 3.24. The lowest BCUT2D eigenvalue weighted by Gasteiger charge is -2.41. The Morgan fingerprint density at radius 3 is 2.62 bits per heavy atom. The predicted octanol–water partition coefficient (Wildman–Crippen LogP) is 3.00. The first kappa shape index (κ1) is 12.2. The first-order valence-corrected chi connectivity index (χ1v) is 6.21. The molecule has 2 nitrogen and oxygen atoms in total. The van der Waals surface area contributed by atoms with E-state index in [2.05, 4.69) is 5.32 Å². The lowest BCUT2D eigenvalue weighted by molar-refractivity contribution is 0.0872. The molecule has 1 saturated carbocycles. The largest absolute Gasteiger partial charge is 0.394 e. The molecule has 0 atom stereocenters. The number of hydrogen-bond acceptors (Lipinski definition) is 2. The predicted molar refractivity (Wildman–Crippen MR) is 67.0 cm³/mol. The van der Waals surface area contributed by atoms with Crippen LogP contribution in [-0.4, -0.2) is 17.3 Å². The summed E-state index contributed by atoms with van der Waals surface area (Å²) >= 11 is 12.0. The normalized spacial score (nSPS) is 18.2. The van der Waals surface area contributed by atoms with Crippen molar-refractivity contribution < 1.29 is 5.11 Å². The average Bonchev–Trinajstić information content (AvgIpc) is 2.23. The Morgan fingerprint density at radius 2 is 2.06 bits per heavy atom. The molecule has 1 aromatic rings. The van der Waals surface area contributed by atoms with Gasteiger partial charge in [0, 0.05) is 12.1 Å². The van der Waals surface area contributed by atoms with Crippen molar-refractivity contribution in [3.8, 4) is 0 Å². The first-order chi connectivity index (χ1) is 7.67. The second-order valence-electron chi connectivity index (χ2n) is 4.36. The molecule has 0 amide bonds. The van der Waals surface area contributed by atoms with Gasteiger partial charge in [-0.3, -0.25) is 0 Å². The number of hydrogen-bond donors (Lipinski definition) is 2. The van der Waals surface area contributed by atoms with Crippen LogP contribution in [0.4, 0.5) is 0 Å². The fourth-order valence-corrected chi connectivity index (χ4v) is 2.35. The second kappa shape index (κ2) is 4.92. The minimum atomic E-state index is -0.0916.